The van der Waals surface area contributed by atoms with Crippen molar-refractivity contribution < 1.29 is 14.3 Å². The Hall–Kier alpha value is -3.64. The molecule has 3 N–H and O–H groups in total. The van der Waals surface area contributed by atoms with Crippen LogP contribution in [0.15, 0.2) is 78.9 Å². The number of carbonyl (C=O) groups excluding carboxylic acids is 2. The summed E-state index contributed by atoms with van der Waals surface area (Å²) < 4.78 is 5.13. The minimum Gasteiger partial charge on any atom is -0.497 e. The molecule has 6 heteroatoms. The van der Waals surface area contributed by atoms with Gasteiger partial charge >= 0.3 is 0 Å². The molecule has 3 aromatic carbocycles. The number of ether oxygens (including phenoxy) is 1. The smallest absolute Gasteiger partial charge is 0.251 e. The van der Waals surface area contributed by atoms with Crippen LogP contribution < -0.4 is 20.7 Å². The maximum Gasteiger partial charge on any atom is 0.251 e. The van der Waals surface area contributed by atoms with Gasteiger partial charge in [0.1, 0.15) is 5.75 Å². The fraction of sp³-hybridized carbons (Fsp3) is 0.167. The summed E-state index contributed by atoms with van der Waals surface area (Å²) in [6.07, 6.45) is 0. The van der Waals surface area contributed by atoms with E-state index in [1.165, 1.54) is 0 Å². The van der Waals surface area contributed by atoms with Crippen LogP contribution in [0.25, 0.3) is 0 Å². The van der Waals surface area contributed by atoms with Crippen molar-refractivity contribution in [3.05, 3.63) is 95.6 Å². The van der Waals surface area contributed by atoms with Gasteiger partial charge in [0.05, 0.1) is 13.7 Å². The third kappa shape index (κ3) is 6.46. The fourth-order valence-electron chi connectivity index (χ4n) is 2.89. The summed E-state index contributed by atoms with van der Waals surface area (Å²) in [6, 6.07) is 24.3. The Morgan fingerprint density at radius 3 is 2.30 bits per heavy atom. The van der Waals surface area contributed by atoms with Crippen molar-refractivity contribution in [2.75, 3.05) is 19.0 Å². The topological polar surface area (TPSA) is 79.5 Å². The lowest BCUT2D eigenvalue weighted by Crippen LogP contribution is -2.28. The molecule has 3 aromatic rings. The van der Waals surface area contributed by atoms with E-state index >= 15 is 0 Å². The summed E-state index contributed by atoms with van der Waals surface area (Å²) in [5.41, 5.74) is 3.16. The number of anilines is 1. The minimum atomic E-state index is -0.187. The zero-order chi connectivity index (χ0) is 21.2. The fourth-order valence-corrected chi connectivity index (χ4v) is 2.89. The molecule has 0 saturated carbocycles. The van der Waals surface area contributed by atoms with Crippen molar-refractivity contribution >= 4 is 17.5 Å². The number of hydrogen-bond donors (Lipinski definition) is 3. The normalized spacial score (nSPS) is 10.3. The van der Waals surface area contributed by atoms with E-state index in [1.807, 2.05) is 54.6 Å². The third-order valence-corrected chi connectivity index (χ3v) is 4.48. The van der Waals surface area contributed by atoms with Gasteiger partial charge < -0.3 is 20.7 Å². The molecule has 0 aromatic heterocycles. The molecule has 0 aliphatic heterocycles. The van der Waals surface area contributed by atoms with Gasteiger partial charge in [0.15, 0.2) is 0 Å². The van der Waals surface area contributed by atoms with Crippen LogP contribution in [0.5, 0.6) is 5.75 Å². The Morgan fingerprint density at radius 2 is 1.57 bits per heavy atom. The highest BCUT2D eigenvalue weighted by molar-refractivity contribution is 5.97. The number of amides is 2. The first-order valence-corrected chi connectivity index (χ1v) is 9.70. The molecular weight excluding hydrogens is 378 g/mol. The van der Waals surface area contributed by atoms with Gasteiger partial charge in [0, 0.05) is 24.3 Å². The van der Waals surface area contributed by atoms with Gasteiger partial charge in [0.2, 0.25) is 5.91 Å². The van der Waals surface area contributed by atoms with Gasteiger partial charge in [-0.2, -0.15) is 0 Å². The number of benzene rings is 3. The third-order valence-electron chi connectivity index (χ3n) is 4.48. The predicted octanol–water partition coefficient (Wildman–Crippen LogP) is 3.35. The minimum absolute atomic E-state index is 0.163. The molecular formula is C24H25N3O3. The van der Waals surface area contributed by atoms with E-state index in [0.29, 0.717) is 24.3 Å². The zero-order valence-electron chi connectivity index (χ0n) is 16.9. The monoisotopic (exact) mass is 403 g/mol. The second kappa shape index (κ2) is 10.8. The van der Waals surface area contributed by atoms with Crippen molar-refractivity contribution in [1.29, 1.82) is 0 Å². The van der Waals surface area contributed by atoms with Crippen molar-refractivity contribution in [1.82, 2.24) is 10.6 Å². The highest BCUT2D eigenvalue weighted by atomic mass is 16.5. The molecule has 0 radical (unpaired) electrons. The van der Waals surface area contributed by atoms with E-state index in [4.69, 9.17) is 4.74 Å². The maximum absolute atomic E-state index is 12.4. The summed E-state index contributed by atoms with van der Waals surface area (Å²) in [7, 11) is 1.62. The van der Waals surface area contributed by atoms with E-state index in [1.54, 1.807) is 31.4 Å². The Bertz CT molecular complexity index is 973. The summed E-state index contributed by atoms with van der Waals surface area (Å²) >= 11 is 0. The number of hydrogen-bond acceptors (Lipinski definition) is 4. The second-order valence-corrected chi connectivity index (χ2v) is 6.75. The van der Waals surface area contributed by atoms with E-state index in [-0.39, 0.29) is 18.4 Å². The van der Waals surface area contributed by atoms with E-state index < -0.39 is 0 Å². The summed E-state index contributed by atoms with van der Waals surface area (Å²) in [5, 5.41) is 8.80. The molecule has 0 aliphatic carbocycles. The maximum atomic E-state index is 12.4. The molecule has 0 spiro atoms. The highest BCUT2D eigenvalue weighted by Gasteiger charge is 2.08. The lowest BCUT2D eigenvalue weighted by Gasteiger charge is -2.09. The largest absolute Gasteiger partial charge is 0.497 e. The average Bonchev–Trinajstić information content (AvgIpc) is 2.79. The van der Waals surface area contributed by atoms with Crippen molar-refractivity contribution in [3.63, 3.8) is 0 Å². The van der Waals surface area contributed by atoms with Gasteiger partial charge in [-0.1, -0.05) is 48.5 Å². The first-order valence-electron chi connectivity index (χ1n) is 9.70. The quantitative estimate of drug-likeness (QED) is 0.512. The first-order chi connectivity index (χ1) is 14.6. The Balaban J connectivity index is 1.46. The Morgan fingerprint density at radius 1 is 0.833 bits per heavy atom. The Kier molecular flexibility index (Phi) is 7.58. The SMILES string of the molecule is COc1ccc(CNCC(=O)Nc2cccc(C(=O)NCc3ccccc3)c2)cc1. The van der Waals surface area contributed by atoms with Crippen LogP contribution in [-0.2, 0) is 17.9 Å². The molecule has 0 saturated heterocycles. The zero-order valence-corrected chi connectivity index (χ0v) is 16.9. The van der Waals surface area contributed by atoms with Gasteiger partial charge in [-0.3, -0.25) is 9.59 Å². The van der Waals surface area contributed by atoms with Crippen molar-refractivity contribution in [2.45, 2.75) is 13.1 Å². The van der Waals surface area contributed by atoms with Gasteiger partial charge in [0.25, 0.3) is 5.91 Å². The summed E-state index contributed by atoms with van der Waals surface area (Å²) in [6.45, 7) is 1.18. The first kappa shape index (κ1) is 21.1. The van der Waals surface area contributed by atoms with Gasteiger partial charge in [-0.05, 0) is 41.5 Å². The van der Waals surface area contributed by atoms with Crippen LogP contribution in [0.4, 0.5) is 5.69 Å². The van der Waals surface area contributed by atoms with Crippen LogP contribution in [0.2, 0.25) is 0 Å². The number of rotatable bonds is 9. The second-order valence-electron chi connectivity index (χ2n) is 6.75. The lowest BCUT2D eigenvalue weighted by atomic mass is 10.1. The molecule has 0 bridgehead atoms. The van der Waals surface area contributed by atoms with Crippen LogP contribution in [0, 0.1) is 0 Å². The van der Waals surface area contributed by atoms with Crippen molar-refractivity contribution in [2.24, 2.45) is 0 Å². The van der Waals surface area contributed by atoms with E-state index in [0.717, 1.165) is 16.9 Å². The number of methoxy groups -OCH3 is 1. The molecule has 0 unspecified atom stereocenters. The number of nitrogens with one attached hydrogen (secondary N) is 3. The standard InChI is InChI=1S/C24H25N3O3/c1-30-22-12-10-19(11-13-22)15-25-17-23(28)27-21-9-5-8-20(14-21)24(29)26-16-18-6-3-2-4-7-18/h2-14,25H,15-17H2,1H3,(H,26,29)(H,27,28). The summed E-state index contributed by atoms with van der Waals surface area (Å²) in [5.74, 6) is 0.433. The van der Waals surface area contributed by atoms with Crippen LogP contribution in [-0.4, -0.2) is 25.5 Å². The molecule has 30 heavy (non-hydrogen) atoms. The molecule has 3 rings (SSSR count). The lowest BCUT2D eigenvalue weighted by molar-refractivity contribution is -0.115. The van der Waals surface area contributed by atoms with Crippen LogP contribution in [0.1, 0.15) is 21.5 Å². The van der Waals surface area contributed by atoms with Gasteiger partial charge in [-0.15, -0.1) is 0 Å². The van der Waals surface area contributed by atoms with Gasteiger partial charge in [-0.25, -0.2) is 0 Å². The van der Waals surface area contributed by atoms with E-state index in [2.05, 4.69) is 16.0 Å². The molecule has 0 atom stereocenters. The predicted molar refractivity (Wildman–Crippen MR) is 117 cm³/mol. The summed E-state index contributed by atoms with van der Waals surface area (Å²) in [4.78, 5) is 24.6. The highest BCUT2D eigenvalue weighted by Crippen LogP contribution is 2.12. The molecule has 2 amide bonds. The molecule has 6 nitrogen and oxygen atoms in total. The Labute approximate surface area is 176 Å². The molecule has 0 aliphatic rings. The number of carbonyl (C=O) groups is 2. The average molecular weight is 403 g/mol. The van der Waals surface area contributed by atoms with Crippen LogP contribution in [0.3, 0.4) is 0 Å². The van der Waals surface area contributed by atoms with Crippen LogP contribution >= 0.6 is 0 Å². The molecule has 0 fully saturated rings. The van der Waals surface area contributed by atoms with Crippen molar-refractivity contribution in [3.8, 4) is 5.75 Å². The van der Waals surface area contributed by atoms with E-state index in [9.17, 15) is 9.59 Å². The molecule has 0 heterocycles. The molecule has 154 valence electrons.